The third-order valence-electron chi connectivity index (χ3n) is 0.431. The zero-order valence-electron chi connectivity index (χ0n) is 4.56. The fraction of sp³-hybridized carbons (Fsp3) is 0.500. The molecule has 0 unspecified atom stereocenters. The Morgan fingerprint density at radius 3 is 2.14 bits per heavy atom. The predicted molar refractivity (Wildman–Crippen MR) is 32.7 cm³/mol. The highest BCUT2D eigenvalue weighted by Gasteiger charge is 1.81. The van der Waals surface area contributed by atoms with Gasteiger partial charge in [0.2, 0.25) is 5.91 Å². The summed E-state index contributed by atoms with van der Waals surface area (Å²) in [6.07, 6.45) is 0. The molecule has 0 aromatic heterocycles. The van der Waals surface area contributed by atoms with Gasteiger partial charge in [-0.15, -0.1) is 0 Å². The van der Waals surface area contributed by atoms with Gasteiger partial charge < -0.3 is 5.73 Å². The molecule has 0 fully saturated rings. The molecule has 0 rings (SSSR count). The average Bonchev–Trinajstić information content (AvgIpc) is 1.27. The van der Waals surface area contributed by atoms with Crippen LogP contribution in [0.3, 0.4) is 0 Å². The predicted octanol–water partition coefficient (Wildman–Crippen LogP) is -0.390. The summed E-state index contributed by atoms with van der Waals surface area (Å²) in [5.41, 5.74) is 6.40. The second-order valence-electron chi connectivity index (χ2n) is 1.62. The number of amides is 1. The SMILES string of the molecule is C[Si](C)=CC(N)=O. The van der Waals surface area contributed by atoms with E-state index in [-0.39, 0.29) is 5.91 Å². The number of nitrogens with two attached hydrogens (primary N) is 1. The lowest BCUT2D eigenvalue weighted by molar-refractivity contribution is -0.111. The summed E-state index contributed by atoms with van der Waals surface area (Å²) in [5, 5.41) is 0. The molecule has 0 aromatic carbocycles. The zero-order chi connectivity index (χ0) is 5.86. The monoisotopic (exact) mass is 115 g/mol. The minimum Gasteiger partial charge on any atom is -0.366 e. The van der Waals surface area contributed by atoms with Crippen LogP contribution >= 0.6 is 0 Å². The largest absolute Gasteiger partial charge is 0.366 e. The molecule has 0 saturated carbocycles. The van der Waals surface area contributed by atoms with Gasteiger partial charge in [0.25, 0.3) is 0 Å². The lowest BCUT2D eigenvalue weighted by Gasteiger charge is -1.79. The summed E-state index contributed by atoms with van der Waals surface area (Å²) in [5.74, 6) is -0.293. The summed E-state index contributed by atoms with van der Waals surface area (Å²) >= 11 is 0. The van der Waals surface area contributed by atoms with Gasteiger partial charge in [0.15, 0.2) is 0 Å². The van der Waals surface area contributed by atoms with E-state index in [1.54, 1.807) is 5.67 Å². The Hall–Kier alpha value is -0.443. The van der Waals surface area contributed by atoms with E-state index in [1.165, 1.54) is 0 Å². The van der Waals surface area contributed by atoms with E-state index in [4.69, 9.17) is 5.73 Å². The van der Waals surface area contributed by atoms with E-state index in [0.717, 1.165) is 0 Å². The van der Waals surface area contributed by atoms with Crippen molar-refractivity contribution in [3.8, 4) is 0 Å². The molecule has 0 atom stereocenters. The third-order valence-corrected chi connectivity index (χ3v) is 1.29. The van der Waals surface area contributed by atoms with Crippen molar-refractivity contribution in [2.45, 2.75) is 13.1 Å². The summed E-state index contributed by atoms with van der Waals surface area (Å²) in [6, 6.07) is 0. The molecule has 3 heteroatoms. The van der Waals surface area contributed by atoms with Crippen molar-refractivity contribution in [1.82, 2.24) is 0 Å². The number of primary amides is 1. The van der Waals surface area contributed by atoms with Crippen LogP contribution in [-0.4, -0.2) is 20.0 Å². The number of carbonyl (C=O) groups excluding carboxylic acids is 1. The summed E-state index contributed by atoms with van der Waals surface area (Å²) in [6.45, 7) is 4.02. The van der Waals surface area contributed by atoms with Crippen molar-refractivity contribution in [3.05, 3.63) is 0 Å². The molecular formula is C4H9NOSi. The van der Waals surface area contributed by atoms with E-state index in [9.17, 15) is 4.79 Å². The highest BCUT2D eigenvalue weighted by molar-refractivity contribution is 6.74. The van der Waals surface area contributed by atoms with Crippen LogP contribution < -0.4 is 5.73 Å². The molecule has 2 nitrogen and oxygen atoms in total. The average molecular weight is 115 g/mol. The zero-order valence-corrected chi connectivity index (χ0v) is 5.56. The first-order valence-electron chi connectivity index (χ1n) is 2.07. The molecule has 1 amide bonds. The van der Waals surface area contributed by atoms with E-state index in [2.05, 4.69) is 0 Å². The first-order valence-corrected chi connectivity index (χ1v) is 4.65. The molecule has 0 radical (unpaired) electrons. The van der Waals surface area contributed by atoms with Gasteiger partial charge in [-0.3, -0.25) is 4.79 Å². The fourth-order valence-corrected chi connectivity index (χ4v) is 0.854. The van der Waals surface area contributed by atoms with E-state index in [1.807, 2.05) is 13.1 Å². The number of carbonyl (C=O) groups is 1. The Morgan fingerprint density at radius 1 is 1.71 bits per heavy atom. The standard InChI is InChI=1S/C4H9NOSi/c1-7(2)3-4(5)6/h3H,1-2H3,(H2,5,6). The molecule has 2 N–H and O–H groups in total. The molecule has 0 saturated heterocycles. The third kappa shape index (κ3) is 5.56. The molecule has 7 heavy (non-hydrogen) atoms. The van der Waals surface area contributed by atoms with Crippen molar-refractivity contribution in [2.75, 3.05) is 0 Å². The first kappa shape index (κ1) is 6.56. The summed E-state index contributed by atoms with van der Waals surface area (Å²) in [4.78, 5) is 10.0. The van der Waals surface area contributed by atoms with E-state index in [0.29, 0.717) is 0 Å². The molecule has 0 aromatic rings. The van der Waals surface area contributed by atoms with Gasteiger partial charge in [-0.1, -0.05) is 13.1 Å². The van der Waals surface area contributed by atoms with Gasteiger partial charge in [-0.2, -0.15) is 0 Å². The van der Waals surface area contributed by atoms with Gasteiger partial charge >= 0.3 is 0 Å². The van der Waals surface area contributed by atoms with E-state index < -0.39 is 8.41 Å². The van der Waals surface area contributed by atoms with Crippen LogP contribution in [0.1, 0.15) is 0 Å². The van der Waals surface area contributed by atoms with Crippen molar-refractivity contribution in [1.29, 1.82) is 0 Å². The normalized spacial score (nSPS) is 7.71. The Morgan fingerprint density at radius 2 is 2.14 bits per heavy atom. The molecular weight excluding hydrogens is 106 g/mol. The van der Waals surface area contributed by atoms with Crippen molar-refractivity contribution in [3.63, 3.8) is 0 Å². The topological polar surface area (TPSA) is 43.1 Å². The van der Waals surface area contributed by atoms with Gasteiger partial charge in [0.1, 0.15) is 0 Å². The number of hydrogen-bond donors (Lipinski definition) is 1. The molecule has 0 aliphatic carbocycles. The Labute approximate surface area is 44.6 Å². The number of rotatable bonds is 1. The number of hydrogen-bond acceptors (Lipinski definition) is 1. The van der Waals surface area contributed by atoms with E-state index >= 15 is 0 Å². The van der Waals surface area contributed by atoms with Gasteiger partial charge in [-0.05, 0) is 5.67 Å². The first-order chi connectivity index (χ1) is 3.13. The van der Waals surface area contributed by atoms with Crippen LogP contribution in [0.2, 0.25) is 13.1 Å². The minimum atomic E-state index is -0.534. The second-order valence-corrected chi connectivity index (χ2v) is 4.07. The lowest BCUT2D eigenvalue weighted by Crippen LogP contribution is -2.15. The Bertz CT molecular complexity index is 104. The molecule has 40 valence electrons. The molecule has 0 aliphatic heterocycles. The Balaban J connectivity index is 3.68. The van der Waals surface area contributed by atoms with Crippen molar-refractivity contribution >= 4 is 20.0 Å². The molecule has 0 spiro atoms. The highest BCUT2D eigenvalue weighted by atomic mass is 28.2. The van der Waals surface area contributed by atoms with Crippen molar-refractivity contribution < 1.29 is 4.79 Å². The summed E-state index contributed by atoms with van der Waals surface area (Å²) in [7, 11) is -0.534. The smallest absolute Gasteiger partial charge is 0.236 e. The van der Waals surface area contributed by atoms with Gasteiger partial charge in [0, 0.05) is 8.41 Å². The van der Waals surface area contributed by atoms with Crippen molar-refractivity contribution in [2.24, 2.45) is 5.73 Å². The lowest BCUT2D eigenvalue weighted by atomic mass is 10.8. The quantitative estimate of drug-likeness (QED) is 0.465. The molecule has 0 aliphatic rings. The maximum absolute atomic E-state index is 10.0. The highest BCUT2D eigenvalue weighted by Crippen LogP contribution is 1.58. The molecule has 0 heterocycles. The maximum Gasteiger partial charge on any atom is 0.236 e. The van der Waals surface area contributed by atoms with Crippen LogP contribution in [0.15, 0.2) is 0 Å². The van der Waals surface area contributed by atoms with Crippen LogP contribution in [0, 0.1) is 0 Å². The van der Waals surface area contributed by atoms with Crippen LogP contribution in [0.4, 0.5) is 0 Å². The van der Waals surface area contributed by atoms with Crippen LogP contribution in [0.25, 0.3) is 0 Å². The Kier molecular flexibility index (Phi) is 2.51. The summed E-state index contributed by atoms with van der Waals surface area (Å²) < 4.78 is 0. The maximum atomic E-state index is 10.0. The van der Waals surface area contributed by atoms with Crippen LogP contribution in [-0.2, 0) is 4.79 Å². The minimum absolute atomic E-state index is 0.293. The molecule has 0 bridgehead atoms. The van der Waals surface area contributed by atoms with Gasteiger partial charge in [0.05, 0.1) is 0 Å². The van der Waals surface area contributed by atoms with Gasteiger partial charge in [-0.25, -0.2) is 0 Å². The second kappa shape index (κ2) is 2.68. The fourth-order valence-electron chi connectivity index (χ4n) is 0.285. The van der Waals surface area contributed by atoms with Crippen LogP contribution in [0.5, 0.6) is 0 Å².